The van der Waals surface area contributed by atoms with E-state index in [0.29, 0.717) is 12.3 Å². The lowest BCUT2D eigenvalue weighted by atomic mass is 10.1. The molecule has 0 aromatic rings. The minimum atomic E-state index is -0.0117. The van der Waals surface area contributed by atoms with E-state index in [9.17, 15) is 4.39 Å². The van der Waals surface area contributed by atoms with E-state index in [1.165, 1.54) is 0 Å². The van der Waals surface area contributed by atoms with E-state index in [4.69, 9.17) is 4.74 Å². The molecule has 0 bridgehead atoms. The molecule has 0 aliphatic heterocycles. The van der Waals surface area contributed by atoms with Crippen LogP contribution >= 0.6 is 0 Å². The van der Waals surface area contributed by atoms with E-state index in [1.807, 2.05) is 6.92 Å². The Hall–Kier alpha value is -0.370. The highest BCUT2D eigenvalue weighted by Gasteiger charge is 2.00. The highest BCUT2D eigenvalue weighted by atomic mass is 19.1. The Labute approximate surface area is 81.0 Å². The predicted molar refractivity (Wildman–Crippen MR) is 54.4 cm³/mol. The molecule has 0 aromatic carbocycles. The average Bonchev–Trinajstić information content (AvgIpc) is 2.14. The Morgan fingerprint density at radius 2 is 2.15 bits per heavy atom. The van der Waals surface area contributed by atoms with Gasteiger partial charge in [-0.3, -0.25) is 0 Å². The molecule has 1 unspecified atom stereocenters. The van der Waals surface area contributed by atoms with Crippen molar-refractivity contribution in [1.82, 2.24) is 0 Å². The van der Waals surface area contributed by atoms with Crippen molar-refractivity contribution < 1.29 is 9.13 Å². The van der Waals surface area contributed by atoms with Crippen molar-refractivity contribution in [1.29, 1.82) is 0 Å². The van der Waals surface area contributed by atoms with E-state index in [0.717, 1.165) is 26.1 Å². The second kappa shape index (κ2) is 8.24. The number of ether oxygens (including phenoxy) is 1. The van der Waals surface area contributed by atoms with Crippen molar-refractivity contribution in [3.8, 4) is 0 Å². The summed E-state index contributed by atoms with van der Waals surface area (Å²) in [6.45, 7) is 7.53. The van der Waals surface area contributed by atoms with Gasteiger partial charge in [0.25, 0.3) is 0 Å². The standard InChI is InChI=1S/C11H21FO/c1-4-8-13-9-10(3)6-7-11(12)5-2/h7,10H,4-6,8-9H2,1-3H3/b11-7+. The molecule has 0 aromatic heterocycles. The average molecular weight is 188 g/mol. The molecule has 13 heavy (non-hydrogen) atoms. The number of allylic oxidation sites excluding steroid dienone is 2. The molecule has 0 amide bonds. The third-order valence-electron chi connectivity index (χ3n) is 1.83. The van der Waals surface area contributed by atoms with Crippen molar-refractivity contribution in [3.63, 3.8) is 0 Å². The van der Waals surface area contributed by atoms with Gasteiger partial charge in [-0.05, 0) is 25.2 Å². The van der Waals surface area contributed by atoms with Crippen LogP contribution in [-0.4, -0.2) is 13.2 Å². The first kappa shape index (κ1) is 12.6. The normalized spacial score (nSPS) is 14.6. The van der Waals surface area contributed by atoms with Crippen molar-refractivity contribution in [2.45, 2.75) is 40.0 Å². The van der Waals surface area contributed by atoms with Gasteiger partial charge in [0.2, 0.25) is 0 Å². The molecule has 0 saturated heterocycles. The molecule has 0 aliphatic rings. The lowest BCUT2D eigenvalue weighted by Gasteiger charge is -2.08. The maximum atomic E-state index is 12.7. The van der Waals surface area contributed by atoms with Crippen LogP contribution < -0.4 is 0 Å². The van der Waals surface area contributed by atoms with Crippen LogP contribution in [0, 0.1) is 5.92 Å². The second-order valence-electron chi connectivity index (χ2n) is 3.42. The summed E-state index contributed by atoms with van der Waals surface area (Å²) < 4.78 is 18.1. The monoisotopic (exact) mass is 188 g/mol. The van der Waals surface area contributed by atoms with Gasteiger partial charge >= 0.3 is 0 Å². The molecule has 0 fully saturated rings. The Kier molecular flexibility index (Phi) is 8.00. The number of hydrogen-bond donors (Lipinski definition) is 0. The summed E-state index contributed by atoms with van der Waals surface area (Å²) >= 11 is 0. The van der Waals surface area contributed by atoms with Crippen molar-refractivity contribution in [2.75, 3.05) is 13.2 Å². The summed E-state index contributed by atoms with van der Waals surface area (Å²) in [5.41, 5.74) is 0. The topological polar surface area (TPSA) is 9.23 Å². The van der Waals surface area contributed by atoms with Gasteiger partial charge in [0.05, 0.1) is 5.83 Å². The van der Waals surface area contributed by atoms with Crippen LogP contribution in [0.25, 0.3) is 0 Å². The molecule has 0 spiro atoms. The van der Waals surface area contributed by atoms with Crippen LogP contribution in [0.15, 0.2) is 11.9 Å². The molecule has 2 heteroatoms. The Morgan fingerprint density at radius 1 is 1.46 bits per heavy atom. The molecule has 0 radical (unpaired) electrons. The molecule has 1 nitrogen and oxygen atoms in total. The van der Waals surface area contributed by atoms with Crippen LogP contribution in [0.4, 0.5) is 4.39 Å². The van der Waals surface area contributed by atoms with Crippen molar-refractivity contribution >= 4 is 0 Å². The van der Waals surface area contributed by atoms with Crippen molar-refractivity contribution in [3.05, 3.63) is 11.9 Å². The van der Waals surface area contributed by atoms with Crippen molar-refractivity contribution in [2.24, 2.45) is 5.92 Å². The summed E-state index contributed by atoms with van der Waals surface area (Å²) in [7, 11) is 0. The lowest BCUT2D eigenvalue weighted by Crippen LogP contribution is -2.05. The molecule has 0 heterocycles. The molecule has 1 atom stereocenters. The van der Waals surface area contributed by atoms with Crippen LogP contribution in [0.2, 0.25) is 0 Å². The Balaban J connectivity index is 3.44. The first-order chi connectivity index (χ1) is 6.20. The maximum absolute atomic E-state index is 12.7. The third-order valence-corrected chi connectivity index (χ3v) is 1.83. The summed E-state index contributed by atoms with van der Waals surface area (Å²) in [5, 5.41) is 0. The van der Waals surface area contributed by atoms with Crippen LogP contribution in [0.3, 0.4) is 0 Å². The van der Waals surface area contributed by atoms with Gasteiger partial charge in [0.15, 0.2) is 0 Å². The van der Waals surface area contributed by atoms with Gasteiger partial charge in [-0.1, -0.05) is 26.8 Å². The number of rotatable bonds is 7. The van der Waals surface area contributed by atoms with Gasteiger partial charge in [-0.2, -0.15) is 0 Å². The lowest BCUT2D eigenvalue weighted by molar-refractivity contribution is 0.106. The fourth-order valence-electron chi connectivity index (χ4n) is 0.970. The fraction of sp³-hybridized carbons (Fsp3) is 0.818. The Morgan fingerprint density at radius 3 is 2.69 bits per heavy atom. The summed E-state index contributed by atoms with van der Waals surface area (Å²) in [6.07, 6.45) is 4.00. The van der Waals surface area contributed by atoms with Crippen LogP contribution in [0.5, 0.6) is 0 Å². The molecule has 78 valence electrons. The summed E-state index contributed by atoms with van der Waals surface area (Å²) in [5.74, 6) is 0.409. The quantitative estimate of drug-likeness (QED) is 0.553. The summed E-state index contributed by atoms with van der Waals surface area (Å²) in [4.78, 5) is 0. The maximum Gasteiger partial charge on any atom is 0.0957 e. The summed E-state index contributed by atoms with van der Waals surface area (Å²) in [6, 6.07) is 0. The SMILES string of the molecule is CCCOCC(C)C/C=C(/F)CC. The van der Waals surface area contributed by atoms with Crippen LogP contribution in [0.1, 0.15) is 40.0 Å². The first-order valence-electron chi connectivity index (χ1n) is 5.12. The highest BCUT2D eigenvalue weighted by molar-refractivity contribution is 4.90. The largest absolute Gasteiger partial charge is 0.381 e. The molecular formula is C11H21FO. The van der Waals surface area contributed by atoms with Gasteiger partial charge in [0.1, 0.15) is 0 Å². The number of halogens is 1. The van der Waals surface area contributed by atoms with E-state index in [1.54, 1.807) is 6.08 Å². The molecule has 0 N–H and O–H groups in total. The van der Waals surface area contributed by atoms with E-state index in [-0.39, 0.29) is 5.83 Å². The van der Waals surface area contributed by atoms with Gasteiger partial charge in [-0.15, -0.1) is 0 Å². The molecular weight excluding hydrogens is 167 g/mol. The molecule has 0 aliphatic carbocycles. The number of hydrogen-bond acceptors (Lipinski definition) is 1. The molecule has 0 rings (SSSR count). The molecule has 0 saturated carbocycles. The minimum absolute atomic E-state index is 0.0117. The van der Waals surface area contributed by atoms with Crippen LogP contribution in [-0.2, 0) is 4.74 Å². The Bertz CT molecular complexity index is 143. The fourth-order valence-corrected chi connectivity index (χ4v) is 0.970. The first-order valence-corrected chi connectivity index (χ1v) is 5.12. The van der Waals surface area contributed by atoms with E-state index in [2.05, 4.69) is 13.8 Å². The van der Waals surface area contributed by atoms with Gasteiger partial charge in [-0.25, -0.2) is 4.39 Å². The van der Waals surface area contributed by atoms with Gasteiger partial charge < -0.3 is 4.74 Å². The zero-order valence-electron chi connectivity index (χ0n) is 8.98. The minimum Gasteiger partial charge on any atom is -0.381 e. The van der Waals surface area contributed by atoms with E-state index >= 15 is 0 Å². The highest BCUT2D eigenvalue weighted by Crippen LogP contribution is 2.09. The smallest absolute Gasteiger partial charge is 0.0957 e. The second-order valence-corrected chi connectivity index (χ2v) is 3.42. The van der Waals surface area contributed by atoms with E-state index < -0.39 is 0 Å². The van der Waals surface area contributed by atoms with Gasteiger partial charge in [0, 0.05) is 13.2 Å². The zero-order chi connectivity index (χ0) is 10.1. The zero-order valence-corrected chi connectivity index (χ0v) is 8.98. The predicted octanol–water partition coefficient (Wildman–Crippen LogP) is 3.70. The third kappa shape index (κ3) is 7.97.